The number of carboxylic acids is 1. The molecule has 0 aromatic rings. The quantitative estimate of drug-likeness (QED) is 0.218. The Labute approximate surface area is 165 Å². The van der Waals surface area contributed by atoms with Crippen molar-refractivity contribution >= 4 is 12.3 Å². The molecule has 3 N–H and O–H groups in total. The van der Waals surface area contributed by atoms with Gasteiger partial charge in [0.25, 0.3) is 0 Å². The fourth-order valence-electron chi connectivity index (χ4n) is 4.03. The van der Waals surface area contributed by atoms with Gasteiger partial charge in [0.05, 0.1) is 0 Å². The molecule has 0 saturated heterocycles. The number of carbonyl (C=O) groups is 2. The summed E-state index contributed by atoms with van der Waals surface area (Å²) >= 11 is 0. The van der Waals surface area contributed by atoms with Crippen LogP contribution in [-0.2, 0) is 9.59 Å². The molecule has 1 aliphatic carbocycles. The molecule has 3 unspecified atom stereocenters. The van der Waals surface area contributed by atoms with E-state index >= 15 is 0 Å². The van der Waals surface area contributed by atoms with E-state index in [0.717, 1.165) is 44.9 Å². The van der Waals surface area contributed by atoms with Crippen LogP contribution in [0.15, 0.2) is 23.8 Å². The van der Waals surface area contributed by atoms with Gasteiger partial charge in [0.1, 0.15) is 6.29 Å². The average molecular weight is 378 g/mol. The summed E-state index contributed by atoms with van der Waals surface area (Å²) in [6.07, 6.45) is 19.6. The Morgan fingerprint density at radius 3 is 2.74 bits per heavy atom. The monoisotopic (exact) mass is 377 g/mol. The summed E-state index contributed by atoms with van der Waals surface area (Å²) in [4.78, 5) is 22.0. The lowest BCUT2D eigenvalue weighted by molar-refractivity contribution is -0.136. The van der Waals surface area contributed by atoms with Gasteiger partial charge in [0.15, 0.2) is 0 Å². The van der Waals surface area contributed by atoms with Gasteiger partial charge < -0.3 is 15.6 Å². The molecule has 0 spiro atoms. The minimum absolute atomic E-state index is 0.180. The van der Waals surface area contributed by atoms with Crippen molar-refractivity contribution in [2.75, 3.05) is 6.54 Å². The SMILES string of the molecule is CCC(CC=CCCC(=O)O)CCCCCC(C=O)C1C=C(CCN)CC1. The van der Waals surface area contributed by atoms with Crippen molar-refractivity contribution < 1.29 is 14.7 Å². The zero-order valence-electron chi connectivity index (χ0n) is 17.1. The fraction of sp³-hybridized carbons (Fsp3) is 0.739. The normalized spacial score (nSPS) is 19.2. The predicted molar refractivity (Wildman–Crippen MR) is 112 cm³/mol. The maximum absolute atomic E-state index is 11.5. The van der Waals surface area contributed by atoms with Gasteiger partial charge in [0, 0.05) is 12.3 Å². The number of nitrogens with two attached hydrogens (primary N) is 1. The smallest absolute Gasteiger partial charge is 0.303 e. The van der Waals surface area contributed by atoms with Crippen LogP contribution < -0.4 is 5.73 Å². The molecule has 0 saturated carbocycles. The van der Waals surface area contributed by atoms with E-state index in [1.165, 1.54) is 31.1 Å². The van der Waals surface area contributed by atoms with Crippen LogP contribution in [0.3, 0.4) is 0 Å². The Morgan fingerprint density at radius 2 is 2.07 bits per heavy atom. The predicted octanol–water partition coefficient (Wildman–Crippen LogP) is 5.27. The van der Waals surface area contributed by atoms with Gasteiger partial charge in [-0.15, -0.1) is 0 Å². The topological polar surface area (TPSA) is 80.4 Å². The molecule has 154 valence electrons. The maximum Gasteiger partial charge on any atom is 0.303 e. The second-order valence-electron chi connectivity index (χ2n) is 7.92. The molecule has 0 aliphatic heterocycles. The molecule has 4 heteroatoms. The van der Waals surface area contributed by atoms with Crippen molar-refractivity contribution in [3.8, 4) is 0 Å². The summed E-state index contributed by atoms with van der Waals surface area (Å²) in [6.45, 7) is 2.93. The Kier molecular flexibility index (Phi) is 12.8. The highest BCUT2D eigenvalue weighted by atomic mass is 16.4. The van der Waals surface area contributed by atoms with Crippen molar-refractivity contribution in [3.05, 3.63) is 23.8 Å². The van der Waals surface area contributed by atoms with Gasteiger partial charge >= 0.3 is 5.97 Å². The summed E-state index contributed by atoms with van der Waals surface area (Å²) in [5.41, 5.74) is 7.07. The van der Waals surface area contributed by atoms with Crippen LogP contribution >= 0.6 is 0 Å². The molecule has 4 nitrogen and oxygen atoms in total. The molecule has 3 atom stereocenters. The van der Waals surface area contributed by atoms with E-state index in [4.69, 9.17) is 10.8 Å². The minimum Gasteiger partial charge on any atom is -0.481 e. The van der Waals surface area contributed by atoms with Gasteiger partial charge in [-0.05, 0) is 56.9 Å². The average Bonchev–Trinajstić information content (AvgIpc) is 3.11. The van der Waals surface area contributed by atoms with Crippen LogP contribution in [0.4, 0.5) is 0 Å². The highest BCUT2D eigenvalue weighted by Crippen LogP contribution is 2.33. The van der Waals surface area contributed by atoms with Crippen LogP contribution in [0.2, 0.25) is 0 Å². The van der Waals surface area contributed by atoms with E-state index < -0.39 is 5.97 Å². The zero-order valence-corrected chi connectivity index (χ0v) is 17.1. The highest BCUT2D eigenvalue weighted by molar-refractivity contribution is 5.66. The lowest BCUT2D eigenvalue weighted by Crippen LogP contribution is -2.12. The molecular weight excluding hydrogens is 338 g/mol. The van der Waals surface area contributed by atoms with E-state index in [9.17, 15) is 9.59 Å². The molecule has 0 amide bonds. The number of carbonyl (C=O) groups excluding carboxylic acids is 1. The van der Waals surface area contributed by atoms with E-state index in [1.807, 2.05) is 6.08 Å². The maximum atomic E-state index is 11.5. The second-order valence-corrected chi connectivity index (χ2v) is 7.92. The summed E-state index contributed by atoms with van der Waals surface area (Å²) < 4.78 is 0. The number of hydrogen-bond acceptors (Lipinski definition) is 3. The second kappa shape index (κ2) is 14.6. The number of aliphatic carboxylic acids is 1. The van der Waals surface area contributed by atoms with Gasteiger partial charge in [-0.1, -0.05) is 62.8 Å². The molecule has 0 fully saturated rings. The summed E-state index contributed by atoms with van der Waals surface area (Å²) in [5.74, 6) is 0.566. The Bertz CT molecular complexity index is 484. The van der Waals surface area contributed by atoms with E-state index in [0.29, 0.717) is 24.8 Å². The minimum atomic E-state index is -0.732. The van der Waals surface area contributed by atoms with Gasteiger partial charge in [0.2, 0.25) is 0 Å². The third kappa shape index (κ3) is 10.5. The fourth-order valence-corrected chi connectivity index (χ4v) is 4.03. The molecule has 0 aromatic heterocycles. The van der Waals surface area contributed by atoms with Crippen LogP contribution in [0.25, 0.3) is 0 Å². The first-order valence-electron chi connectivity index (χ1n) is 10.8. The van der Waals surface area contributed by atoms with E-state index in [-0.39, 0.29) is 12.3 Å². The number of aldehydes is 1. The van der Waals surface area contributed by atoms with Gasteiger partial charge in [-0.2, -0.15) is 0 Å². The number of carboxylic acid groups (broad SMARTS) is 1. The van der Waals surface area contributed by atoms with Crippen molar-refractivity contribution in [2.45, 2.75) is 84.0 Å². The summed E-state index contributed by atoms with van der Waals surface area (Å²) in [5, 5.41) is 8.63. The number of rotatable bonds is 16. The van der Waals surface area contributed by atoms with E-state index in [1.54, 1.807) is 0 Å². The highest BCUT2D eigenvalue weighted by Gasteiger charge is 2.23. The third-order valence-electron chi connectivity index (χ3n) is 5.83. The Balaban J connectivity index is 2.18. The van der Waals surface area contributed by atoms with Crippen molar-refractivity contribution in [1.82, 2.24) is 0 Å². The van der Waals surface area contributed by atoms with Crippen LogP contribution in [0.1, 0.15) is 84.0 Å². The first-order chi connectivity index (χ1) is 13.1. The summed E-state index contributed by atoms with van der Waals surface area (Å²) in [6, 6.07) is 0. The van der Waals surface area contributed by atoms with Crippen molar-refractivity contribution in [1.29, 1.82) is 0 Å². The van der Waals surface area contributed by atoms with Crippen LogP contribution in [-0.4, -0.2) is 23.9 Å². The molecule has 1 rings (SSSR count). The van der Waals surface area contributed by atoms with Gasteiger partial charge in [-0.3, -0.25) is 4.79 Å². The summed E-state index contributed by atoms with van der Waals surface area (Å²) in [7, 11) is 0. The lowest BCUT2D eigenvalue weighted by Gasteiger charge is -2.16. The first-order valence-corrected chi connectivity index (χ1v) is 10.8. The molecule has 1 aliphatic rings. The standard InChI is InChI=1S/C23H39NO3/c1-2-19(10-6-4-8-12-23(26)27)9-5-3-7-11-22(18-25)21-14-13-20(17-21)15-16-24/h4,6,17-19,21-22H,2-3,5,7-16,24H2,1H3,(H,26,27). The molecule has 27 heavy (non-hydrogen) atoms. The number of unbranched alkanes of at least 4 members (excludes halogenated alkanes) is 2. The van der Waals surface area contributed by atoms with Crippen LogP contribution in [0, 0.1) is 17.8 Å². The van der Waals surface area contributed by atoms with Crippen molar-refractivity contribution in [2.24, 2.45) is 23.5 Å². The number of hydrogen-bond donors (Lipinski definition) is 2. The third-order valence-corrected chi connectivity index (χ3v) is 5.83. The largest absolute Gasteiger partial charge is 0.481 e. The first kappa shape index (κ1) is 23.6. The van der Waals surface area contributed by atoms with Gasteiger partial charge in [-0.25, -0.2) is 0 Å². The van der Waals surface area contributed by atoms with Crippen molar-refractivity contribution in [3.63, 3.8) is 0 Å². The molecule has 0 bridgehead atoms. The number of allylic oxidation sites excluding steroid dienone is 3. The Hall–Kier alpha value is -1.42. The molecular formula is C23H39NO3. The zero-order chi connectivity index (χ0) is 19.9. The van der Waals surface area contributed by atoms with Crippen LogP contribution in [0.5, 0.6) is 0 Å². The molecule has 0 heterocycles. The molecule has 0 radical (unpaired) electrons. The van der Waals surface area contributed by atoms with E-state index in [2.05, 4.69) is 19.1 Å². The molecule has 0 aromatic carbocycles. The lowest BCUT2D eigenvalue weighted by atomic mass is 9.87. The Morgan fingerprint density at radius 1 is 1.30 bits per heavy atom.